The molecule has 4 heteroatoms. The minimum absolute atomic E-state index is 0.382. The Morgan fingerprint density at radius 2 is 1.94 bits per heavy atom. The van der Waals surface area contributed by atoms with Crippen LogP contribution in [0.25, 0.3) is 0 Å². The van der Waals surface area contributed by atoms with Gasteiger partial charge in [-0.1, -0.05) is 25.8 Å². The van der Waals surface area contributed by atoms with E-state index in [1.807, 2.05) is 6.92 Å². The molecular formula is C13H16F2O2. The van der Waals surface area contributed by atoms with Crippen LogP contribution in [-0.4, -0.2) is 17.5 Å². The molecule has 17 heavy (non-hydrogen) atoms. The predicted octanol–water partition coefficient (Wildman–Crippen LogP) is 2.95. The lowest BCUT2D eigenvalue weighted by Crippen LogP contribution is -2.21. The number of hydrogen-bond acceptors (Lipinski definition) is 2. The highest BCUT2D eigenvalue weighted by molar-refractivity contribution is 5.98. The third-order valence-electron chi connectivity index (χ3n) is 2.71. The molecule has 0 aliphatic carbocycles. The average Bonchev–Trinajstić information content (AvgIpc) is 2.30. The van der Waals surface area contributed by atoms with Crippen molar-refractivity contribution in [1.29, 1.82) is 0 Å². The first kappa shape index (κ1) is 13.8. The van der Waals surface area contributed by atoms with E-state index >= 15 is 0 Å². The van der Waals surface area contributed by atoms with Crippen LogP contribution in [0.4, 0.5) is 8.78 Å². The van der Waals surface area contributed by atoms with Crippen molar-refractivity contribution >= 4 is 5.78 Å². The van der Waals surface area contributed by atoms with Crippen molar-refractivity contribution in [3.05, 3.63) is 35.4 Å². The number of aliphatic hydroxyl groups excluding tert-OH is 1. The van der Waals surface area contributed by atoms with Crippen molar-refractivity contribution in [2.75, 3.05) is 6.61 Å². The third kappa shape index (κ3) is 3.33. The summed E-state index contributed by atoms with van der Waals surface area (Å²) in [4.78, 5) is 11.9. The number of benzene rings is 1. The molecule has 0 spiro atoms. The summed E-state index contributed by atoms with van der Waals surface area (Å²) in [6.45, 7) is 1.56. The first-order valence-corrected chi connectivity index (χ1v) is 5.70. The van der Waals surface area contributed by atoms with Gasteiger partial charge in [0.05, 0.1) is 12.2 Å². The molecular weight excluding hydrogens is 226 g/mol. The molecule has 2 nitrogen and oxygen atoms in total. The van der Waals surface area contributed by atoms with Crippen LogP contribution in [0.1, 0.15) is 36.5 Å². The van der Waals surface area contributed by atoms with Crippen LogP contribution in [-0.2, 0) is 0 Å². The van der Waals surface area contributed by atoms with Crippen molar-refractivity contribution in [2.24, 2.45) is 5.92 Å². The number of carbonyl (C=O) groups excluding carboxylic acids is 1. The van der Waals surface area contributed by atoms with E-state index < -0.39 is 28.9 Å². The normalized spacial score (nSPS) is 12.5. The van der Waals surface area contributed by atoms with Gasteiger partial charge in [-0.3, -0.25) is 4.79 Å². The van der Waals surface area contributed by atoms with E-state index in [4.69, 9.17) is 5.11 Å². The fourth-order valence-corrected chi connectivity index (χ4v) is 1.69. The number of carbonyl (C=O) groups is 1. The van der Waals surface area contributed by atoms with Crippen molar-refractivity contribution in [2.45, 2.75) is 26.2 Å². The molecule has 0 aliphatic rings. The van der Waals surface area contributed by atoms with Gasteiger partial charge in [-0.15, -0.1) is 0 Å². The second-order valence-corrected chi connectivity index (χ2v) is 3.98. The van der Waals surface area contributed by atoms with Crippen LogP contribution in [0.15, 0.2) is 18.2 Å². The van der Waals surface area contributed by atoms with Crippen LogP contribution in [0.5, 0.6) is 0 Å². The topological polar surface area (TPSA) is 37.3 Å². The zero-order valence-electron chi connectivity index (χ0n) is 9.75. The van der Waals surface area contributed by atoms with Crippen LogP contribution < -0.4 is 0 Å². The molecule has 1 N–H and O–H groups in total. The van der Waals surface area contributed by atoms with Crippen LogP contribution in [0.3, 0.4) is 0 Å². The van der Waals surface area contributed by atoms with Crippen LogP contribution in [0.2, 0.25) is 0 Å². The van der Waals surface area contributed by atoms with Crippen LogP contribution >= 0.6 is 0 Å². The molecule has 0 aromatic heterocycles. The summed E-state index contributed by atoms with van der Waals surface area (Å²) in [5.41, 5.74) is -0.539. The Kier molecular flexibility index (Phi) is 5.22. The van der Waals surface area contributed by atoms with Gasteiger partial charge >= 0.3 is 0 Å². The Morgan fingerprint density at radius 3 is 2.41 bits per heavy atom. The SMILES string of the molecule is CCCCC(CO)C(=O)c1c(F)cccc1F. The van der Waals surface area contributed by atoms with E-state index in [1.54, 1.807) is 0 Å². The Labute approximate surface area is 99.3 Å². The highest BCUT2D eigenvalue weighted by atomic mass is 19.1. The summed E-state index contributed by atoms with van der Waals surface area (Å²) in [5.74, 6) is -3.12. The molecule has 0 heterocycles. The molecule has 1 aromatic carbocycles. The Hall–Kier alpha value is -1.29. The summed E-state index contributed by atoms with van der Waals surface area (Å²) >= 11 is 0. The number of rotatable bonds is 6. The van der Waals surface area contributed by atoms with E-state index in [0.717, 1.165) is 25.0 Å². The number of halogens is 2. The lowest BCUT2D eigenvalue weighted by atomic mass is 9.93. The van der Waals surface area contributed by atoms with E-state index in [-0.39, 0.29) is 6.61 Å². The maximum Gasteiger partial charge on any atom is 0.174 e. The third-order valence-corrected chi connectivity index (χ3v) is 2.71. The molecule has 1 atom stereocenters. The molecule has 0 saturated heterocycles. The van der Waals surface area contributed by atoms with Crippen LogP contribution in [0, 0.1) is 17.6 Å². The maximum atomic E-state index is 13.4. The molecule has 1 unspecified atom stereocenters. The Bertz CT molecular complexity index is 371. The average molecular weight is 242 g/mol. The fraction of sp³-hybridized carbons (Fsp3) is 0.462. The van der Waals surface area contributed by atoms with E-state index in [1.165, 1.54) is 6.07 Å². The van der Waals surface area contributed by atoms with Gasteiger partial charge in [0.1, 0.15) is 11.6 Å². The lowest BCUT2D eigenvalue weighted by Gasteiger charge is -2.13. The van der Waals surface area contributed by atoms with Crippen molar-refractivity contribution < 1.29 is 18.7 Å². The molecule has 0 bridgehead atoms. The molecule has 94 valence electrons. The van der Waals surface area contributed by atoms with E-state index in [9.17, 15) is 13.6 Å². The second kappa shape index (κ2) is 6.45. The van der Waals surface area contributed by atoms with Gasteiger partial charge < -0.3 is 5.11 Å². The number of Topliss-reactive ketones (excluding diaryl/α,β-unsaturated/α-hetero) is 1. The zero-order chi connectivity index (χ0) is 12.8. The lowest BCUT2D eigenvalue weighted by molar-refractivity contribution is 0.0839. The molecule has 0 amide bonds. The largest absolute Gasteiger partial charge is 0.396 e. The monoisotopic (exact) mass is 242 g/mol. The smallest absolute Gasteiger partial charge is 0.174 e. The molecule has 0 fully saturated rings. The zero-order valence-corrected chi connectivity index (χ0v) is 9.75. The second-order valence-electron chi connectivity index (χ2n) is 3.98. The van der Waals surface area contributed by atoms with Crippen molar-refractivity contribution in [3.8, 4) is 0 Å². The Morgan fingerprint density at radius 1 is 1.35 bits per heavy atom. The van der Waals surface area contributed by atoms with Crippen molar-refractivity contribution in [3.63, 3.8) is 0 Å². The molecule has 1 rings (SSSR count). The first-order valence-electron chi connectivity index (χ1n) is 5.70. The fourth-order valence-electron chi connectivity index (χ4n) is 1.69. The summed E-state index contributed by atoms with van der Waals surface area (Å²) in [7, 11) is 0. The standard InChI is InChI=1S/C13H16F2O2/c1-2-3-5-9(8-16)13(17)12-10(14)6-4-7-11(12)15/h4,6-7,9,16H,2-3,5,8H2,1H3. The number of hydrogen-bond donors (Lipinski definition) is 1. The minimum atomic E-state index is -0.870. The van der Waals surface area contributed by atoms with Gasteiger partial charge in [-0.25, -0.2) is 8.78 Å². The molecule has 1 aromatic rings. The van der Waals surface area contributed by atoms with Gasteiger partial charge in [-0.05, 0) is 18.6 Å². The Balaban J connectivity index is 2.93. The first-order chi connectivity index (χ1) is 8.11. The van der Waals surface area contributed by atoms with Gasteiger partial charge in [0.25, 0.3) is 0 Å². The quantitative estimate of drug-likeness (QED) is 0.779. The van der Waals surface area contributed by atoms with Crippen molar-refractivity contribution in [1.82, 2.24) is 0 Å². The molecule has 0 saturated carbocycles. The van der Waals surface area contributed by atoms with Gasteiger partial charge in [-0.2, -0.15) is 0 Å². The van der Waals surface area contributed by atoms with Gasteiger partial charge in [0.15, 0.2) is 5.78 Å². The van der Waals surface area contributed by atoms with E-state index in [0.29, 0.717) is 6.42 Å². The summed E-state index contributed by atoms with van der Waals surface area (Å²) in [6.07, 6.45) is 2.05. The highest BCUT2D eigenvalue weighted by Gasteiger charge is 2.24. The predicted molar refractivity (Wildman–Crippen MR) is 60.8 cm³/mol. The minimum Gasteiger partial charge on any atom is -0.396 e. The van der Waals surface area contributed by atoms with E-state index in [2.05, 4.69) is 0 Å². The summed E-state index contributed by atoms with van der Waals surface area (Å²) < 4.78 is 26.8. The highest BCUT2D eigenvalue weighted by Crippen LogP contribution is 2.20. The molecule has 0 radical (unpaired) electrons. The van der Waals surface area contributed by atoms with Gasteiger partial charge in [0.2, 0.25) is 0 Å². The number of unbranched alkanes of at least 4 members (excludes halogenated alkanes) is 1. The summed E-state index contributed by atoms with van der Waals surface area (Å²) in [5, 5.41) is 9.10. The number of ketones is 1. The molecule has 0 aliphatic heterocycles. The number of aliphatic hydroxyl groups is 1. The summed E-state index contributed by atoms with van der Waals surface area (Å²) in [6, 6.07) is 3.30. The van der Waals surface area contributed by atoms with Gasteiger partial charge in [0, 0.05) is 5.92 Å². The maximum absolute atomic E-state index is 13.4.